The van der Waals surface area contributed by atoms with Gasteiger partial charge in [-0.05, 0) is 43.9 Å². The first-order valence-electron chi connectivity index (χ1n) is 5.93. The average Bonchev–Trinajstić information content (AvgIpc) is 2.56. The Bertz CT molecular complexity index is 333. The highest BCUT2D eigenvalue weighted by atomic mass is 16.3. The highest BCUT2D eigenvalue weighted by molar-refractivity contribution is 5.87. The number of carbonyl (C=O) groups excluding carboxylic acids is 1. The molecule has 0 saturated heterocycles. The van der Waals surface area contributed by atoms with Gasteiger partial charge in [0.2, 0.25) is 0 Å². The fourth-order valence-corrected chi connectivity index (χ4v) is 5.53. The zero-order valence-corrected chi connectivity index (χ0v) is 8.33. The lowest BCUT2D eigenvalue weighted by atomic mass is 9.51. The van der Waals surface area contributed by atoms with Gasteiger partial charge in [0, 0.05) is 17.8 Å². The molecule has 1 unspecified atom stereocenters. The van der Waals surface area contributed by atoms with E-state index in [-0.39, 0.29) is 11.3 Å². The highest BCUT2D eigenvalue weighted by Crippen LogP contribution is 2.77. The topological polar surface area (TPSA) is 37.3 Å². The van der Waals surface area contributed by atoms with E-state index in [1.807, 2.05) is 0 Å². The number of ketones is 1. The standard InChI is InChI=1S/C12H16O2/c13-10-6-8-2-4-11(14)3-1-7-5-9(10)12(7,8)11/h7-9,14H,1-6H2/t7-,8+,9+,11+,12?/m1/s1. The number of carbonyl (C=O) groups is 1. The molecule has 0 amide bonds. The minimum atomic E-state index is -0.433. The van der Waals surface area contributed by atoms with Crippen LogP contribution in [0, 0.1) is 23.2 Å². The van der Waals surface area contributed by atoms with Crippen LogP contribution in [0.3, 0.4) is 0 Å². The monoisotopic (exact) mass is 192 g/mol. The number of aliphatic hydroxyl groups is 1. The van der Waals surface area contributed by atoms with Gasteiger partial charge in [0.15, 0.2) is 0 Å². The van der Waals surface area contributed by atoms with E-state index in [9.17, 15) is 9.90 Å². The van der Waals surface area contributed by atoms with Gasteiger partial charge in [-0.1, -0.05) is 0 Å². The molecule has 2 heteroatoms. The lowest BCUT2D eigenvalue weighted by molar-refractivity contribution is -0.158. The van der Waals surface area contributed by atoms with Crippen LogP contribution in [-0.4, -0.2) is 16.5 Å². The normalized spacial score (nSPS) is 63.8. The van der Waals surface area contributed by atoms with Crippen molar-refractivity contribution in [3.63, 3.8) is 0 Å². The summed E-state index contributed by atoms with van der Waals surface area (Å²) in [6, 6.07) is 0. The third kappa shape index (κ3) is 0.513. The Morgan fingerprint density at radius 2 is 1.93 bits per heavy atom. The molecule has 0 bridgehead atoms. The maximum absolute atomic E-state index is 11.8. The molecule has 2 nitrogen and oxygen atoms in total. The molecule has 4 fully saturated rings. The third-order valence-corrected chi connectivity index (χ3v) is 5.90. The molecule has 0 aromatic heterocycles. The van der Waals surface area contributed by atoms with Crippen molar-refractivity contribution in [1.82, 2.24) is 0 Å². The second-order valence-corrected chi connectivity index (χ2v) is 5.89. The van der Waals surface area contributed by atoms with E-state index in [2.05, 4.69) is 0 Å². The second kappa shape index (κ2) is 1.95. The summed E-state index contributed by atoms with van der Waals surface area (Å²) in [5.74, 6) is 1.96. The van der Waals surface area contributed by atoms with Gasteiger partial charge >= 0.3 is 0 Å². The summed E-state index contributed by atoms with van der Waals surface area (Å²) in [5, 5.41) is 10.7. The summed E-state index contributed by atoms with van der Waals surface area (Å²) >= 11 is 0. The first-order chi connectivity index (χ1) is 6.68. The van der Waals surface area contributed by atoms with E-state index in [1.165, 1.54) is 6.42 Å². The minimum Gasteiger partial charge on any atom is -0.389 e. The molecule has 4 aliphatic rings. The van der Waals surface area contributed by atoms with E-state index in [1.54, 1.807) is 0 Å². The maximum Gasteiger partial charge on any atom is 0.136 e. The lowest BCUT2D eigenvalue weighted by Crippen LogP contribution is -2.56. The van der Waals surface area contributed by atoms with Crippen LogP contribution in [0.25, 0.3) is 0 Å². The van der Waals surface area contributed by atoms with Gasteiger partial charge < -0.3 is 5.11 Å². The SMILES string of the molecule is O=C1C[C@@H]2CC[C@@]3(O)CC[C@@H]4C[C@@H]1C423. The van der Waals surface area contributed by atoms with Crippen LogP contribution >= 0.6 is 0 Å². The van der Waals surface area contributed by atoms with E-state index in [0.29, 0.717) is 17.6 Å². The Morgan fingerprint density at radius 3 is 2.71 bits per heavy atom. The van der Waals surface area contributed by atoms with Gasteiger partial charge in [-0.15, -0.1) is 0 Å². The zero-order chi connectivity index (χ0) is 9.55. The Labute approximate surface area is 83.7 Å². The first kappa shape index (κ1) is 7.86. The van der Waals surface area contributed by atoms with Crippen molar-refractivity contribution in [3.05, 3.63) is 0 Å². The molecule has 4 rings (SSSR count). The van der Waals surface area contributed by atoms with Crippen LogP contribution in [0.5, 0.6) is 0 Å². The molecule has 0 heterocycles. The van der Waals surface area contributed by atoms with Crippen LogP contribution < -0.4 is 0 Å². The molecule has 0 radical (unpaired) electrons. The average molecular weight is 192 g/mol. The second-order valence-electron chi connectivity index (χ2n) is 5.89. The summed E-state index contributed by atoms with van der Waals surface area (Å²) in [6.07, 6.45) is 6.10. The quantitative estimate of drug-likeness (QED) is 0.631. The van der Waals surface area contributed by atoms with Crippen LogP contribution in [0.15, 0.2) is 0 Å². The van der Waals surface area contributed by atoms with Crippen molar-refractivity contribution in [3.8, 4) is 0 Å². The third-order valence-electron chi connectivity index (χ3n) is 5.90. The van der Waals surface area contributed by atoms with E-state index in [0.717, 1.165) is 32.1 Å². The summed E-state index contributed by atoms with van der Waals surface area (Å²) in [6.45, 7) is 0. The Morgan fingerprint density at radius 1 is 1.21 bits per heavy atom. The number of hydrogen-bond donors (Lipinski definition) is 1. The van der Waals surface area contributed by atoms with Crippen molar-refractivity contribution < 1.29 is 9.90 Å². The van der Waals surface area contributed by atoms with Crippen molar-refractivity contribution in [2.24, 2.45) is 23.2 Å². The van der Waals surface area contributed by atoms with Gasteiger partial charge in [-0.3, -0.25) is 4.79 Å². The molecule has 5 atom stereocenters. The zero-order valence-electron chi connectivity index (χ0n) is 8.33. The Kier molecular flexibility index (Phi) is 1.09. The molecule has 4 saturated carbocycles. The molecule has 76 valence electrons. The molecule has 1 N–H and O–H groups in total. The van der Waals surface area contributed by atoms with Gasteiger partial charge in [-0.25, -0.2) is 0 Å². The number of rotatable bonds is 0. The summed E-state index contributed by atoms with van der Waals surface area (Å²) in [7, 11) is 0. The molecule has 4 aliphatic carbocycles. The predicted octanol–water partition coefficient (Wildman–Crippen LogP) is 1.52. The van der Waals surface area contributed by atoms with Crippen molar-refractivity contribution in [1.29, 1.82) is 0 Å². The molecule has 1 spiro atoms. The fourth-order valence-electron chi connectivity index (χ4n) is 5.53. The molecule has 0 aliphatic heterocycles. The molecule has 14 heavy (non-hydrogen) atoms. The molecular weight excluding hydrogens is 176 g/mol. The van der Waals surface area contributed by atoms with Crippen molar-refractivity contribution >= 4 is 5.78 Å². The lowest BCUT2D eigenvalue weighted by Gasteiger charge is -2.53. The highest BCUT2D eigenvalue weighted by Gasteiger charge is 2.78. The van der Waals surface area contributed by atoms with E-state index < -0.39 is 5.60 Å². The molecule has 0 aromatic carbocycles. The van der Waals surface area contributed by atoms with Gasteiger partial charge in [0.05, 0.1) is 5.60 Å². The Hall–Kier alpha value is -0.370. The smallest absolute Gasteiger partial charge is 0.136 e. The number of Topliss-reactive ketones (excluding diaryl/α,β-unsaturated/α-hetero) is 1. The molecular formula is C12H16O2. The van der Waals surface area contributed by atoms with Crippen LogP contribution in [0.1, 0.15) is 38.5 Å². The maximum atomic E-state index is 11.8. The summed E-state index contributed by atoms with van der Waals surface area (Å²) in [4.78, 5) is 11.8. The Balaban J connectivity index is 1.92. The summed E-state index contributed by atoms with van der Waals surface area (Å²) < 4.78 is 0. The predicted molar refractivity (Wildman–Crippen MR) is 50.6 cm³/mol. The van der Waals surface area contributed by atoms with Crippen LogP contribution in [0.2, 0.25) is 0 Å². The number of hydrogen-bond acceptors (Lipinski definition) is 2. The van der Waals surface area contributed by atoms with Gasteiger partial charge in [0.1, 0.15) is 5.78 Å². The largest absolute Gasteiger partial charge is 0.389 e. The van der Waals surface area contributed by atoms with Crippen LogP contribution in [0.4, 0.5) is 0 Å². The van der Waals surface area contributed by atoms with Crippen molar-refractivity contribution in [2.75, 3.05) is 0 Å². The first-order valence-corrected chi connectivity index (χ1v) is 5.93. The van der Waals surface area contributed by atoms with Crippen LogP contribution in [-0.2, 0) is 4.79 Å². The van der Waals surface area contributed by atoms with Gasteiger partial charge in [-0.2, -0.15) is 0 Å². The minimum absolute atomic E-state index is 0.0874. The van der Waals surface area contributed by atoms with E-state index >= 15 is 0 Å². The fraction of sp³-hybridized carbons (Fsp3) is 0.917. The summed E-state index contributed by atoms with van der Waals surface area (Å²) in [5.41, 5.74) is -0.346. The van der Waals surface area contributed by atoms with Gasteiger partial charge in [0.25, 0.3) is 0 Å². The van der Waals surface area contributed by atoms with Crippen molar-refractivity contribution in [2.45, 2.75) is 44.1 Å². The van der Waals surface area contributed by atoms with E-state index in [4.69, 9.17) is 0 Å². The molecule has 0 aromatic rings.